The molecule has 0 unspecified atom stereocenters. The number of nitrogens with zero attached hydrogens (tertiary/aromatic N) is 1. The van der Waals surface area contributed by atoms with Gasteiger partial charge in [0, 0.05) is 25.9 Å². The predicted molar refractivity (Wildman–Crippen MR) is 85.7 cm³/mol. The Morgan fingerprint density at radius 3 is 2.39 bits per heavy atom. The van der Waals surface area contributed by atoms with E-state index in [1.54, 1.807) is 10.4 Å². The molecule has 4 rings (SSSR count). The van der Waals surface area contributed by atoms with Gasteiger partial charge in [-0.2, -0.15) is 4.31 Å². The maximum absolute atomic E-state index is 12.9. The second kappa shape index (κ2) is 5.84. The Balaban J connectivity index is 1.51. The third-order valence-electron chi connectivity index (χ3n) is 5.21. The van der Waals surface area contributed by atoms with E-state index in [-0.39, 0.29) is 0 Å². The SMILES string of the molecule is O=S(=O)(c1ccc2c(c1)CCC2)N1CCC2(CC1)OCCCO2. The summed E-state index contributed by atoms with van der Waals surface area (Å²) in [6.07, 6.45) is 5.31. The van der Waals surface area contributed by atoms with Crippen molar-refractivity contribution in [3.8, 4) is 0 Å². The number of fused-ring (bicyclic) bond motifs is 1. The van der Waals surface area contributed by atoms with Crippen molar-refractivity contribution in [3.05, 3.63) is 29.3 Å². The number of rotatable bonds is 2. The summed E-state index contributed by atoms with van der Waals surface area (Å²) in [4.78, 5) is 0.430. The van der Waals surface area contributed by atoms with E-state index in [4.69, 9.17) is 9.47 Å². The van der Waals surface area contributed by atoms with Gasteiger partial charge in [0.2, 0.25) is 10.0 Å². The number of hydrogen-bond donors (Lipinski definition) is 0. The molecule has 1 aromatic rings. The summed E-state index contributed by atoms with van der Waals surface area (Å²) in [7, 11) is -3.42. The number of hydrogen-bond acceptors (Lipinski definition) is 4. The lowest BCUT2D eigenvalue weighted by atomic mass is 10.0. The van der Waals surface area contributed by atoms with E-state index in [0.29, 0.717) is 44.0 Å². The van der Waals surface area contributed by atoms with Crippen LogP contribution in [-0.4, -0.2) is 44.8 Å². The summed E-state index contributed by atoms with van der Waals surface area (Å²) in [5.74, 6) is -0.553. The largest absolute Gasteiger partial charge is 0.350 e. The molecular formula is C17H23NO4S. The number of aryl methyl sites for hydroxylation is 2. The molecule has 1 aromatic carbocycles. The monoisotopic (exact) mass is 337 g/mol. The van der Waals surface area contributed by atoms with Crippen LogP contribution in [0.15, 0.2) is 23.1 Å². The van der Waals surface area contributed by atoms with E-state index in [1.165, 1.54) is 11.1 Å². The van der Waals surface area contributed by atoms with Crippen LogP contribution in [0.4, 0.5) is 0 Å². The summed E-state index contributed by atoms with van der Waals surface area (Å²) in [5.41, 5.74) is 2.49. The molecule has 5 nitrogen and oxygen atoms in total. The van der Waals surface area contributed by atoms with Gasteiger partial charge in [-0.25, -0.2) is 8.42 Å². The van der Waals surface area contributed by atoms with Crippen molar-refractivity contribution in [3.63, 3.8) is 0 Å². The summed E-state index contributed by atoms with van der Waals surface area (Å²) in [6.45, 7) is 2.33. The van der Waals surface area contributed by atoms with Crippen molar-refractivity contribution in [2.24, 2.45) is 0 Å². The summed E-state index contributed by atoms with van der Waals surface area (Å²) in [6, 6.07) is 5.61. The van der Waals surface area contributed by atoms with Gasteiger partial charge in [0.1, 0.15) is 0 Å². The molecule has 0 atom stereocenters. The highest BCUT2D eigenvalue weighted by atomic mass is 32.2. The highest BCUT2D eigenvalue weighted by molar-refractivity contribution is 7.89. The fourth-order valence-corrected chi connectivity index (χ4v) is 5.32. The van der Waals surface area contributed by atoms with Gasteiger partial charge in [-0.3, -0.25) is 0 Å². The first-order valence-electron chi connectivity index (χ1n) is 8.49. The van der Waals surface area contributed by atoms with Crippen LogP contribution in [0.5, 0.6) is 0 Å². The standard InChI is InChI=1S/C17H23NO4S/c19-23(20,16-6-5-14-3-1-4-15(14)13-16)18-9-7-17(8-10-18)21-11-2-12-22-17/h5-6,13H,1-4,7-12H2. The molecule has 1 aliphatic carbocycles. The van der Waals surface area contributed by atoms with E-state index in [0.717, 1.165) is 25.7 Å². The minimum Gasteiger partial charge on any atom is -0.350 e. The topological polar surface area (TPSA) is 55.8 Å². The van der Waals surface area contributed by atoms with Crippen LogP contribution in [-0.2, 0) is 32.3 Å². The molecule has 0 N–H and O–H groups in total. The minimum absolute atomic E-state index is 0.430. The number of benzene rings is 1. The zero-order chi connectivity index (χ0) is 15.9. The van der Waals surface area contributed by atoms with Crippen molar-refractivity contribution in [2.75, 3.05) is 26.3 Å². The molecule has 2 aliphatic heterocycles. The van der Waals surface area contributed by atoms with Crippen molar-refractivity contribution < 1.29 is 17.9 Å². The summed E-state index contributed by atoms with van der Waals surface area (Å²) < 4.78 is 39.0. The molecule has 23 heavy (non-hydrogen) atoms. The highest BCUT2D eigenvalue weighted by Gasteiger charge is 2.41. The van der Waals surface area contributed by atoms with Crippen LogP contribution in [0.3, 0.4) is 0 Å². The Bertz CT molecular complexity index is 685. The molecule has 0 amide bonds. The lowest BCUT2D eigenvalue weighted by molar-refractivity contribution is -0.280. The Labute approximate surface area is 137 Å². The van der Waals surface area contributed by atoms with Gasteiger partial charge in [-0.15, -0.1) is 0 Å². The van der Waals surface area contributed by atoms with Gasteiger partial charge >= 0.3 is 0 Å². The van der Waals surface area contributed by atoms with Crippen molar-refractivity contribution in [1.82, 2.24) is 4.31 Å². The fraction of sp³-hybridized carbons (Fsp3) is 0.647. The molecule has 0 radical (unpaired) electrons. The van der Waals surface area contributed by atoms with Crippen LogP contribution >= 0.6 is 0 Å². The molecule has 2 heterocycles. The lowest BCUT2D eigenvalue weighted by Gasteiger charge is -2.42. The van der Waals surface area contributed by atoms with Gasteiger partial charge in [0.15, 0.2) is 5.79 Å². The van der Waals surface area contributed by atoms with Gasteiger partial charge < -0.3 is 9.47 Å². The maximum Gasteiger partial charge on any atom is 0.243 e. The Hall–Kier alpha value is -0.950. The zero-order valence-electron chi connectivity index (χ0n) is 13.3. The Kier molecular flexibility index (Phi) is 3.96. The second-order valence-electron chi connectivity index (χ2n) is 6.65. The average Bonchev–Trinajstić information content (AvgIpc) is 3.03. The van der Waals surface area contributed by atoms with E-state index in [1.807, 2.05) is 12.1 Å². The van der Waals surface area contributed by atoms with Gasteiger partial charge in [-0.1, -0.05) is 6.07 Å². The Morgan fingerprint density at radius 2 is 1.65 bits per heavy atom. The summed E-state index contributed by atoms with van der Waals surface area (Å²) >= 11 is 0. The molecule has 0 saturated carbocycles. The lowest BCUT2D eigenvalue weighted by Crippen LogP contribution is -2.51. The minimum atomic E-state index is -3.42. The van der Waals surface area contributed by atoms with E-state index in [9.17, 15) is 8.42 Å². The predicted octanol–water partition coefficient (Wildman–Crippen LogP) is 2.09. The molecule has 6 heteroatoms. The number of sulfonamides is 1. The van der Waals surface area contributed by atoms with E-state index < -0.39 is 15.8 Å². The molecule has 2 saturated heterocycles. The normalized spacial score (nSPS) is 24.7. The van der Waals surface area contributed by atoms with Crippen molar-refractivity contribution in [2.45, 2.75) is 49.2 Å². The van der Waals surface area contributed by atoms with Crippen LogP contribution < -0.4 is 0 Å². The fourth-order valence-electron chi connectivity index (χ4n) is 3.83. The summed E-state index contributed by atoms with van der Waals surface area (Å²) in [5, 5.41) is 0. The molecule has 0 bridgehead atoms. The second-order valence-corrected chi connectivity index (χ2v) is 8.59. The third kappa shape index (κ3) is 2.82. The Morgan fingerprint density at radius 1 is 0.957 bits per heavy atom. The quantitative estimate of drug-likeness (QED) is 0.829. The molecule has 1 spiro atoms. The first-order valence-corrected chi connectivity index (χ1v) is 9.93. The third-order valence-corrected chi connectivity index (χ3v) is 7.11. The molecular weight excluding hydrogens is 314 g/mol. The van der Waals surface area contributed by atoms with Gasteiger partial charge in [0.05, 0.1) is 18.1 Å². The van der Waals surface area contributed by atoms with E-state index in [2.05, 4.69) is 0 Å². The van der Waals surface area contributed by atoms with Crippen LogP contribution in [0.1, 0.15) is 36.8 Å². The molecule has 2 fully saturated rings. The van der Waals surface area contributed by atoms with E-state index >= 15 is 0 Å². The maximum atomic E-state index is 12.9. The first kappa shape index (κ1) is 15.6. The van der Waals surface area contributed by atoms with Gasteiger partial charge in [-0.05, 0) is 48.9 Å². The first-order chi connectivity index (χ1) is 11.1. The van der Waals surface area contributed by atoms with Crippen LogP contribution in [0.2, 0.25) is 0 Å². The zero-order valence-corrected chi connectivity index (χ0v) is 14.1. The van der Waals surface area contributed by atoms with Gasteiger partial charge in [0.25, 0.3) is 0 Å². The average molecular weight is 337 g/mol. The van der Waals surface area contributed by atoms with Crippen LogP contribution in [0, 0.1) is 0 Å². The molecule has 126 valence electrons. The van der Waals surface area contributed by atoms with Crippen molar-refractivity contribution in [1.29, 1.82) is 0 Å². The number of ether oxygens (including phenoxy) is 2. The highest BCUT2D eigenvalue weighted by Crippen LogP contribution is 2.33. The van der Waals surface area contributed by atoms with Crippen LogP contribution in [0.25, 0.3) is 0 Å². The molecule has 0 aromatic heterocycles. The van der Waals surface area contributed by atoms with Crippen molar-refractivity contribution >= 4 is 10.0 Å². The number of piperidine rings is 1. The molecule has 3 aliphatic rings. The smallest absolute Gasteiger partial charge is 0.243 e.